The standard InChI is InChI=1S/C8H7F3N2S.C4H10/c1-5(13-14)6-2-3-12-7(4-6)8(9,10)11;1-4(2)3/h2-4,14H,1H3;4H,1-3H3/b13-5+;. The van der Waals surface area contributed by atoms with E-state index in [9.17, 15) is 13.2 Å². The first-order valence-corrected chi connectivity index (χ1v) is 5.80. The van der Waals surface area contributed by atoms with Gasteiger partial charge in [-0.1, -0.05) is 20.8 Å². The molecule has 0 atom stereocenters. The Balaban J connectivity index is 0.000000631. The van der Waals surface area contributed by atoms with Crippen molar-refractivity contribution >= 4 is 18.5 Å². The Morgan fingerprint density at radius 1 is 1.33 bits per heavy atom. The highest BCUT2D eigenvalue weighted by atomic mass is 32.1. The summed E-state index contributed by atoms with van der Waals surface area (Å²) in [6.45, 7) is 8.07. The number of aromatic nitrogens is 1. The zero-order valence-electron chi connectivity index (χ0n) is 10.8. The average Bonchev–Trinajstić information content (AvgIpc) is 2.26. The number of hydrogen-bond donors (Lipinski definition) is 1. The Hall–Kier alpha value is -1.04. The van der Waals surface area contributed by atoms with E-state index in [0.29, 0.717) is 11.3 Å². The summed E-state index contributed by atoms with van der Waals surface area (Å²) >= 11 is 3.62. The highest BCUT2D eigenvalue weighted by Crippen LogP contribution is 2.27. The van der Waals surface area contributed by atoms with Gasteiger partial charge in [-0.05, 0) is 43.4 Å². The predicted molar refractivity (Wildman–Crippen MR) is 70.9 cm³/mol. The number of nitrogens with zero attached hydrogens (tertiary/aromatic N) is 2. The SMILES string of the molecule is C/C(=N\S)c1ccnc(C(F)(F)F)c1.CC(C)C. The van der Waals surface area contributed by atoms with Crippen LogP contribution in [0.25, 0.3) is 0 Å². The summed E-state index contributed by atoms with van der Waals surface area (Å²) < 4.78 is 40.1. The summed E-state index contributed by atoms with van der Waals surface area (Å²) in [5.74, 6) is 0.833. The van der Waals surface area contributed by atoms with Gasteiger partial charge in [0.05, 0.1) is 5.71 Å². The summed E-state index contributed by atoms with van der Waals surface area (Å²) in [5, 5.41) is 0. The molecule has 0 unspecified atom stereocenters. The molecule has 0 fully saturated rings. The van der Waals surface area contributed by atoms with Crippen LogP contribution >= 0.6 is 12.8 Å². The highest BCUT2D eigenvalue weighted by molar-refractivity contribution is 7.79. The van der Waals surface area contributed by atoms with Crippen molar-refractivity contribution in [3.05, 3.63) is 29.6 Å². The van der Waals surface area contributed by atoms with E-state index in [4.69, 9.17) is 0 Å². The molecule has 0 amide bonds. The van der Waals surface area contributed by atoms with E-state index < -0.39 is 11.9 Å². The molecule has 6 heteroatoms. The van der Waals surface area contributed by atoms with Crippen LogP contribution in [-0.4, -0.2) is 10.7 Å². The summed E-state index contributed by atoms with van der Waals surface area (Å²) in [6.07, 6.45) is -3.33. The Bertz CT molecular complexity index is 398. The maximum absolute atomic E-state index is 12.2. The van der Waals surface area contributed by atoms with Crippen LogP contribution in [0.15, 0.2) is 22.7 Å². The molecule has 0 aliphatic heterocycles. The van der Waals surface area contributed by atoms with Crippen molar-refractivity contribution in [3.8, 4) is 0 Å². The largest absolute Gasteiger partial charge is 0.433 e. The van der Waals surface area contributed by atoms with Crippen LogP contribution in [-0.2, 0) is 6.18 Å². The van der Waals surface area contributed by atoms with Crippen LogP contribution in [0, 0.1) is 5.92 Å². The molecule has 0 N–H and O–H groups in total. The molecule has 0 aliphatic carbocycles. The lowest BCUT2D eigenvalue weighted by atomic mass is 10.1. The smallest absolute Gasteiger partial charge is 0.252 e. The van der Waals surface area contributed by atoms with Crippen LogP contribution in [0.5, 0.6) is 0 Å². The Labute approximate surface area is 111 Å². The van der Waals surface area contributed by atoms with E-state index in [-0.39, 0.29) is 0 Å². The van der Waals surface area contributed by atoms with Crippen molar-refractivity contribution < 1.29 is 13.2 Å². The number of alkyl halides is 3. The summed E-state index contributed by atoms with van der Waals surface area (Å²) in [7, 11) is 0. The van der Waals surface area contributed by atoms with Gasteiger partial charge in [-0.15, -0.1) is 0 Å². The lowest BCUT2D eigenvalue weighted by molar-refractivity contribution is -0.141. The fourth-order valence-electron chi connectivity index (χ4n) is 0.868. The summed E-state index contributed by atoms with van der Waals surface area (Å²) in [4.78, 5) is 3.22. The van der Waals surface area contributed by atoms with Gasteiger partial charge < -0.3 is 0 Å². The predicted octanol–water partition coefficient (Wildman–Crippen LogP) is 4.42. The third-order valence-corrected chi connectivity index (χ3v) is 1.92. The fourth-order valence-corrected chi connectivity index (χ4v) is 0.984. The first kappa shape index (κ1) is 17.0. The number of thiol groups is 1. The Morgan fingerprint density at radius 2 is 1.83 bits per heavy atom. The first-order valence-electron chi connectivity index (χ1n) is 5.40. The molecule has 0 aromatic carbocycles. The summed E-state index contributed by atoms with van der Waals surface area (Å²) in [5.41, 5.74) is -0.144. The lowest BCUT2D eigenvalue weighted by Gasteiger charge is -2.06. The molecule has 1 heterocycles. The van der Waals surface area contributed by atoms with Gasteiger partial charge >= 0.3 is 6.18 Å². The molecule has 0 saturated carbocycles. The van der Waals surface area contributed by atoms with Crippen molar-refractivity contribution in [2.24, 2.45) is 10.3 Å². The van der Waals surface area contributed by atoms with E-state index in [1.54, 1.807) is 6.92 Å². The van der Waals surface area contributed by atoms with Gasteiger partial charge in [0.15, 0.2) is 0 Å². The normalized spacial score (nSPS) is 12.2. The molecule has 1 rings (SSSR count). The lowest BCUT2D eigenvalue weighted by Crippen LogP contribution is -2.09. The van der Waals surface area contributed by atoms with E-state index in [0.717, 1.165) is 18.2 Å². The molecule has 102 valence electrons. The van der Waals surface area contributed by atoms with Crippen molar-refractivity contribution in [3.63, 3.8) is 0 Å². The fraction of sp³-hybridized carbons (Fsp3) is 0.500. The minimum Gasteiger partial charge on any atom is -0.252 e. The third kappa shape index (κ3) is 6.64. The van der Waals surface area contributed by atoms with Crippen molar-refractivity contribution in [2.75, 3.05) is 0 Å². The number of halogens is 3. The zero-order valence-corrected chi connectivity index (χ0v) is 11.7. The molecule has 2 nitrogen and oxygen atoms in total. The van der Waals surface area contributed by atoms with E-state index in [2.05, 4.69) is 43.0 Å². The number of hydrogen-bond acceptors (Lipinski definition) is 3. The average molecular weight is 278 g/mol. The molecule has 0 aliphatic rings. The van der Waals surface area contributed by atoms with Gasteiger partial charge in [-0.25, -0.2) is 4.40 Å². The van der Waals surface area contributed by atoms with Crippen LogP contribution < -0.4 is 0 Å². The summed E-state index contributed by atoms with van der Waals surface area (Å²) in [6, 6.07) is 2.39. The maximum Gasteiger partial charge on any atom is 0.433 e. The minimum atomic E-state index is -4.42. The van der Waals surface area contributed by atoms with Gasteiger partial charge in [-0.3, -0.25) is 4.98 Å². The number of pyridine rings is 1. The minimum absolute atomic E-state index is 0.363. The van der Waals surface area contributed by atoms with Gasteiger partial charge in [0, 0.05) is 6.20 Å². The first-order chi connectivity index (χ1) is 8.18. The van der Waals surface area contributed by atoms with Crippen LogP contribution in [0.1, 0.15) is 39.0 Å². The van der Waals surface area contributed by atoms with Crippen molar-refractivity contribution in [1.82, 2.24) is 4.98 Å². The molecule has 0 saturated heterocycles. The van der Waals surface area contributed by atoms with E-state index in [1.165, 1.54) is 6.07 Å². The Morgan fingerprint density at radius 3 is 2.22 bits per heavy atom. The Kier molecular flexibility index (Phi) is 6.98. The molecule has 1 aromatic heterocycles. The molecule has 0 spiro atoms. The third-order valence-electron chi connectivity index (χ3n) is 1.62. The maximum atomic E-state index is 12.2. The zero-order chi connectivity index (χ0) is 14.3. The van der Waals surface area contributed by atoms with Crippen LogP contribution in [0.2, 0.25) is 0 Å². The molecule has 0 radical (unpaired) electrons. The highest BCUT2D eigenvalue weighted by Gasteiger charge is 2.32. The van der Waals surface area contributed by atoms with Gasteiger partial charge in [0.25, 0.3) is 0 Å². The monoisotopic (exact) mass is 278 g/mol. The second-order valence-electron chi connectivity index (χ2n) is 4.34. The molecular weight excluding hydrogens is 261 g/mol. The molecule has 0 bridgehead atoms. The van der Waals surface area contributed by atoms with Crippen molar-refractivity contribution in [2.45, 2.75) is 33.9 Å². The van der Waals surface area contributed by atoms with E-state index >= 15 is 0 Å². The van der Waals surface area contributed by atoms with E-state index in [1.807, 2.05) is 0 Å². The second-order valence-corrected chi connectivity index (χ2v) is 4.54. The number of rotatable bonds is 1. The van der Waals surface area contributed by atoms with Gasteiger partial charge in [0.1, 0.15) is 5.69 Å². The van der Waals surface area contributed by atoms with Gasteiger partial charge in [-0.2, -0.15) is 13.2 Å². The molecule has 1 aromatic rings. The van der Waals surface area contributed by atoms with Crippen LogP contribution in [0.3, 0.4) is 0 Å². The van der Waals surface area contributed by atoms with Crippen molar-refractivity contribution in [1.29, 1.82) is 0 Å². The quantitative estimate of drug-likeness (QED) is 0.597. The van der Waals surface area contributed by atoms with Gasteiger partial charge in [0.2, 0.25) is 0 Å². The second kappa shape index (κ2) is 7.41. The molecular formula is C12H17F3N2S. The molecule has 18 heavy (non-hydrogen) atoms. The van der Waals surface area contributed by atoms with Crippen LogP contribution in [0.4, 0.5) is 13.2 Å². The topological polar surface area (TPSA) is 25.2 Å².